The van der Waals surface area contributed by atoms with Crippen molar-refractivity contribution in [2.24, 2.45) is 4.36 Å². The third-order valence-corrected chi connectivity index (χ3v) is 9.15. The van der Waals surface area contributed by atoms with E-state index < -0.39 is 15.6 Å². The van der Waals surface area contributed by atoms with Crippen LogP contribution < -0.4 is 11.1 Å². The molecular weight excluding hydrogens is 608 g/mol. The van der Waals surface area contributed by atoms with Crippen LogP contribution in [-0.4, -0.2) is 58.7 Å². The highest BCUT2D eigenvalue weighted by molar-refractivity contribution is 7.93. The summed E-state index contributed by atoms with van der Waals surface area (Å²) in [5.74, 6) is 4.45. The van der Waals surface area contributed by atoms with Gasteiger partial charge in [-0.25, -0.2) is 9.19 Å². The fourth-order valence-corrected chi connectivity index (χ4v) is 6.40. The zero-order chi connectivity index (χ0) is 33.5. The molecule has 3 N–H and O–H groups in total. The van der Waals surface area contributed by atoms with Gasteiger partial charge in [-0.05, 0) is 69.0 Å². The number of hydrogen-bond acceptors (Lipinski definition) is 9. The molecule has 3 aromatic rings. The number of esters is 2. The topological polar surface area (TPSA) is 167 Å². The Kier molecular flexibility index (Phi) is 13.5. The van der Waals surface area contributed by atoms with E-state index >= 15 is 0 Å². The Labute approximate surface area is 269 Å². The number of nitrogens with zero attached hydrogens (tertiary/aromatic N) is 2. The molecule has 11 nitrogen and oxygen atoms in total. The van der Waals surface area contributed by atoms with Crippen LogP contribution in [0.2, 0.25) is 0 Å². The molecule has 3 rings (SSSR count). The van der Waals surface area contributed by atoms with Gasteiger partial charge in [0.25, 0.3) is 11.8 Å². The monoisotopic (exact) mass is 646 g/mol. The van der Waals surface area contributed by atoms with Crippen LogP contribution in [0.4, 0.5) is 11.5 Å². The van der Waals surface area contributed by atoms with Crippen molar-refractivity contribution < 1.29 is 32.9 Å². The zero-order valence-corrected chi connectivity index (χ0v) is 27.0. The van der Waals surface area contributed by atoms with E-state index in [1.165, 1.54) is 26.5 Å². The molecule has 242 valence electrons. The van der Waals surface area contributed by atoms with Crippen molar-refractivity contribution >= 4 is 45.0 Å². The molecule has 46 heavy (non-hydrogen) atoms. The molecule has 0 fully saturated rings. The minimum absolute atomic E-state index is 0.0644. The molecular formula is C34H38N4O7S. The van der Waals surface area contributed by atoms with Crippen molar-refractivity contribution in [2.45, 2.75) is 45.4 Å². The SMILES string of the molecule is COC(=O)CCCCS(=O)(CCCCC(=O)OC)=NC(=O)c1cnc(N)c(C#Cc2cccc(NC(=O)c3cccc(C)c3)c2)c1. The minimum atomic E-state index is -3.02. The number of amides is 2. The Balaban J connectivity index is 1.78. The Morgan fingerprint density at radius 2 is 1.52 bits per heavy atom. The van der Waals surface area contributed by atoms with Gasteiger partial charge in [-0.15, -0.1) is 0 Å². The smallest absolute Gasteiger partial charge is 0.305 e. The third kappa shape index (κ3) is 11.5. The van der Waals surface area contributed by atoms with E-state index in [1.54, 1.807) is 36.4 Å². The molecule has 12 heteroatoms. The number of nitrogens with one attached hydrogen (secondary N) is 1. The summed E-state index contributed by atoms with van der Waals surface area (Å²) in [4.78, 5) is 52.9. The van der Waals surface area contributed by atoms with Gasteiger partial charge in [0.1, 0.15) is 5.82 Å². The van der Waals surface area contributed by atoms with Crippen molar-refractivity contribution in [3.8, 4) is 11.8 Å². The quantitative estimate of drug-likeness (QED) is 0.149. The maximum absolute atomic E-state index is 13.8. The zero-order valence-electron chi connectivity index (χ0n) is 26.2. The molecule has 0 spiro atoms. The molecule has 0 unspecified atom stereocenters. The number of carbonyl (C=O) groups is 4. The van der Waals surface area contributed by atoms with E-state index in [-0.39, 0.29) is 59.1 Å². The number of anilines is 2. The predicted molar refractivity (Wildman–Crippen MR) is 177 cm³/mol. The minimum Gasteiger partial charge on any atom is -0.469 e. The van der Waals surface area contributed by atoms with Crippen LogP contribution in [-0.2, 0) is 28.8 Å². The number of unbranched alkanes of at least 4 members (excludes halogenated alkanes) is 2. The number of benzene rings is 2. The average Bonchev–Trinajstić information content (AvgIpc) is 3.04. The van der Waals surface area contributed by atoms with Gasteiger partial charge in [-0.2, -0.15) is 4.36 Å². The first-order valence-electron chi connectivity index (χ1n) is 14.7. The summed E-state index contributed by atoms with van der Waals surface area (Å²) in [6.07, 6.45) is 3.21. The average molecular weight is 647 g/mol. The molecule has 0 atom stereocenters. The van der Waals surface area contributed by atoms with Gasteiger partial charge in [-0.1, -0.05) is 35.6 Å². The van der Waals surface area contributed by atoms with E-state index in [0.29, 0.717) is 42.5 Å². The van der Waals surface area contributed by atoms with E-state index in [9.17, 15) is 23.4 Å². The van der Waals surface area contributed by atoms with Gasteiger partial charge >= 0.3 is 11.9 Å². The number of methoxy groups -OCH3 is 2. The summed E-state index contributed by atoms with van der Waals surface area (Å²) in [6, 6.07) is 15.7. The van der Waals surface area contributed by atoms with Gasteiger partial charge < -0.3 is 20.5 Å². The number of aryl methyl sites for hydroxylation is 1. The summed E-state index contributed by atoms with van der Waals surface area (Å²) in [5, 5.41) is 2.86. The number of ether oxygens (including phenoxy) is 2. The standard InChI is InChI=1S/C34H38N4O7S/c1-24-10-8-12-27(20-24)33(41)37-29-13-9-11-25(21-29)16-17-26-22-28(23-36-32(26)35)34(42)38-46(43,18-6-4-14-30(39)44-2)19-7-5-15-31(40)45-3/h8-13,20-23H,4-7,14-15,18-19H2,1-3H3,(H2,35,36)(H,37,41). The lowest BCUT2D eigenvalue weighted by Gasteiger charge is -2.10. The van der Waals surface area contributed by atoms with Crippen LogP contribution in [0.3, 0.4) is 0 Å². The van der Waals surface area contributed by atoms with E-state index in [0.717, 1.165) is 5.56 Å². The number of hydrogen-bond donors (Lipinski definition) is 2. The number of aromatic nitrogens is 1. The van der Waals surface area contributed by atoms with Gasteiger partial charge in [0, 0.05) is 47.4 Å². The van der Waals surface area contributed by atoms with Gasteiger partial charge in [0.15, 0.2) is 0 Å². The molecule has 0 aliphatic rings. The van der Waals surface area contributed by atoms with Gasteiger partial charge in [0.05, 0.1) is 35.1 Å². The predicted octanol–water partition coefficient (Wildman–Crippen LogP) is 4.92. The number of nitrogen functional groups attached to an aromatic ring is 1. The first-order chi connectivity index (χ1) is 22.0. The fraction of sp³-hybridized carbons (Fsp3) is 0.324. The molecule has 1 aromatic heterocycles. The largest absolute Gasteiger partial charge is 0.469 e. The molecule has 0 bridgehead atoms. The molecule has 2 amide bonds. The van der Waals surface area contributed by atoms with Crippen LogP contribution in [0.1, 0.15) is 75.9 Å². The van der Waals surface area contributed by atoms with Crippen LogP contribution in [0, 0.1) is 18.8 Å². The van der Waals surface area contributed by atoms with E-state index in [1.807, 2.05) is 19.1 Å². The van der Waals surface area contributed by atoms with Crippen LogP contribution in [0.15, 0.2) is 65.2 Å². The number of rotatable bonds is 13. The number of nitrogens with two attached hydrogens (primary N) is 1. The molecule has 0 radical (unpaired) electrons. The highest BCUT2D eigenvalue weighted by Crippen LogP contribution is 2.16. The normalized spacial score (nSPS) is 10.7. The van der Waals surface area contributed by atoms with Gasteiger partial charge in [-0.3, -0.25) is 19.2 Å². The number of pyridine rings is 1. The Morgan fingerprint density at radius 1 is 0.870 bits per heavy atom. The molecule has 0 aliphatic heterocycles. The second-order valence-corrected chi connectivity index (χ2v) is 13.0. The summed E-state index contributed by atoms with van der Waals surface area (Å²) >= 11 is 0. The molecule has 1 heterocycles. The highest BCUT2D eigenvalue weighted by Gasteiger charge is 2.16. The second-order valence-electron chi connectivity index (χ2n) is 10.5. The summed E-state index contributed by atoms with van der Waals surface area (Å²) in [7, 11) is -0.428. The van der Waals surface area contributed by atoms with Crippen LogP contribution in [0.25, 0.3) is 0 Å². The van der Waals surface area contributed by atoms with Crippen LogP contribution in [0.5, 0.6) is 0 Å². The Hall–Kier alpha value is -5.02. The Bertz CT molecular complexity index is 1740. The first kappa shape index (κ1) is 35.5. The highest BCUT2D eigenvalue weighted by atomic mass is 32.2. The van der Waals surface area contributed by atoms with Crippen molar-refractivity contribution in [1.29, 1.82) is 0 Å². The first-order valence-corrected chi connectivity index (χ1v) is 16.5. The molecule has 0 aliphatic carbocycles. The lowest BCUT2D eigenvalue weighted by molar-refractivity contribution is -0.141. The lowest BCUT2D eigenvalue weighted by atomic mass is 10.1. The van der Waals surface area contributed by atoms with Crippen molar-refractivity contribution in [2.75, 3.05) is 36.8 Å². The van der Waals surface area contributed by atoms with Crippen LogP contribution >= 0.6 is 0 Å². The summed E-state index contributed by atoms with van der Waals surface area (Å²) in [6.45, 7) is 1.91. The summed E-state index contributed by atoms with van der Waals surface area (Å²) < 4.78 is 27.2. The third-order valence-electron chi connectivity index (χ3n) is 6.80. The van der Waals surface area contributed by atoms with Crippen molar-refractivity contribution in [3.05, 3.63) is 88.6 Å². The molecule has 0 saturated carbocycles. The Morgan fingerprint density at radius 3 is 2.15 bits per heavy atom. The number of carbonyl (C=O) groups excluding carboxylic acids is 4. The van der Waals surface area contributed by atoms with E-state index in [4.69, 9.17) is 5.73 Å². The fourth-order valence-electron chi connectivity index (χ4n) is 4.29. The van der Waals surface area contributed by atoms with Crippen molar-refractivity contribution in [3.63, 3.8) is 0 Å². The van der Waals surface area contributed by atoms with Crippen molar-refractivity contribution in [1.82, 2.24) is 4.98 Å². The lowest BCUT2D eigenvalue weighted by Crippen LogP contribution is -2.15. The molecule has 0 saturated heterocycles. The second kappa shape index (κ2) is 17.5. The molecule has 2 aromatic carbocycles. The maximum atomic E-state index is 13.8. The van der Waals surface area contributed by atoms with E-state index in [2.05, 4.69) is 36.0 Å². The maximum Gasteiger partial charge on any atom is 0.305 e. The van der Waals surface area contributed by atoms with Gasteiger partial charge in [0.2, 0.25) is 0 Å². The summed E-state index contributed by atoms with van der Waals surface area (Å²) in [5.41, 5.74) is 9.03.